The predicted molar refractivity (Wildman–Crippen MR) is 105 cm³/mol. The van der Waals surface area contributed by atoms with E-state index >= 15 is 0 Å². The van der Waals surface area contributed by atoms with Crippen molar-refractivity contribution >= 4 is 22.7 Å². The molecule has 6 nitrogen and oxygen atoms in total. The first-order chi connectivity index (χ1) is 13.1. The summed E-state index contributed by atoms with van der Waals surface area (Å²) < 4.78 is 29.0. The fourth-order valence-corrected chi connectivity index (χ4v) is 3.06. The maximum atomic E-state index is 13.0. The van der Waals surface area contributed by atoms with E-state index in [2.05, 4.69) is 15.5 Å². The summed E-state index contributed by atoms with van der Waals surface area (Å²) in [6.45, 7) is 0. The number of benzene rings is 2. The van der Waals surface area contributed by atoms with Crippen LogP contribution in [-0.2, 0) is 0 Å². The van der Waals surface area contributed by atoms with E-state index in [0.717, 1.165) is 16.8 Å². The van der Waals surface area contributed by atoms with Gasteiger partial charge in [-0.25, -0.2) is 9.37 Å². The van der Waals surface area contributed by atoms with Gasteiger partial charge in [0, 0.05) is 22.6 Å². The van der Waals surface area contributed by atoms with Gasteiger partial charge in [-0.2, -0.15) is 5.10 Å². The van der Waals surface area contributed by atoms with Gasteiger partial charge >= 0.3 is 0 Å². The third-order valence-electron chi connectivity index (χ3n) is 3.74. The Balaban J connectivity index is 1.75. The molecule has 0 saturated heterocycles. The largest absolute Gasteiger partial charge is 0.496 e. The Bertz CT molecular complexity index is 942. The quantitative estimate of drug-likeness (QED) is 0.480. The molecule has 2 aromatic carbocycles. The summed E-state index contributed by atoms with van der Waals surface area (Å²) in [6, 6.07) is 9.69. The van der Waals surface area contributed by atoms with Crippen LogP contribution in [0.2, 0.25) is 0 Å². The highest BCUT2D eigenvalue weighted by molar-refractivity contribution is 7.14. The van der Waals surface area contributed by atoms with Gasteiger partial charge in [0.15, 0.2) is 11.5 Å². The molecule has 1 N–H and O–H groups in total. The molecule has 0 spiro atoms. The Labute approximate surface area is 160 Å². The summed E-state index contributed by atoms with van der Waals surface area (Å²) in [5, 5.41) is 6.70. The number of anilines is 1. The first kappa shape index (κ1) is 18.7. The van der Waals surface area contributed by atoms with E-state index in [1.54, 1.807) is 51.8 Å². The molecule has 0 aliphatic heterocycles. The highest BCUT2D eigenvalue weighted by Crippen LogP contribution is 2.33. The van der Waals surface area contributed by atoms with Crippen LogP contribution in [0.4, 0.5) is 9.52 Å². The molecule has 0 atom stereocenters. The summed E-state index contributed by atoms with van der Waals surface area (Å²) in [5.74, 6) is 1.47. The van der Waals surface area contributed by atoms with E-state index in [0.29, 0.717) is 22.4 Å². The van der Waals surface area contributed by atoms with Crippen molar-refractivity contribution in [2.75, 3.05) is 26.8 Å². The second-order valence-corrected chi connectivity index (χ2v) is 6.22. The predicted octanol–water partition coefficient (Wildman–Crippen LogP) is 4.42. The molecule has 1 heterocycles. The highest BCUT2D eigenvalue weighted by atomic mass is 32.1. The Morgan fingerprint density at radius 3 is 2.33 bits per heavy atom. The van der Waals surface area contributed by atoms with Crippen LogP contribution in [0.3, 0.4) is 0 Å². The van der Waals surface area contributed by atoms with Gasteiger partial charge in [0.1, 0.15) is 11.6 Å². The second-order valence-electron chi connectivity index (χ2n) is 5.36. The van der Waals surface area contributed by atoms with Crippen LogP contribution in [0.5, 0.6) is 17.2 Å². The van der Waals surface area contributed by atoms with Gasteiger partial charge < -0.3 is 14.2 Å². The number of ether oxygens (including phenoxy) is 3. The number of halogens is 1. The van der Waals surface area contributed by atoms with E-state index in [-0.39, 0.29) is 5.82 Å². The van der Waals surface area contributed by atoms with Gasteiger partial charge in [0.2, 0.25) is 5.13 Å². The Morgan fingerprint density at radius 1 is 1.00 bits per heavy atom. The smallest absolute Gasteiger partial charge is 0.203 e. The molecule has 3 rings (SSSR count). The maximum absolute atomic E-state index is 13.0. The molecular weight excluding hydrogens is 369 g/mol. The SMILES string of the molecule is COc1cc(OC)c(OC)cc1/C=N\Nc1nc(-c2ccc(F)cc2)cs1. The Morgan fingerprint density at radius 2 is 1.67 bits per heavy atom. The zero-order chi connectivity index (χ0) is 19.2. The number of nitrogens with zero attached hydrogens (tertiary/aromatic N) is 2. The zero-order valence-corrected chi connectivity index (χ0v) is 15.8. The van der Waals surface area contributed by atoms with Crippen LogP contribution < -0.4 is 19.6 Å². The van der Waals surface area contributed by atoms with Crippen LogP contribution >= 0.6 is 11.3 Å². The summed E-state index contributed by atoms with van der Waals surface area (Å²) in [5.41, 5.74) is 5.20. The van der Waals surface area contributed by atoms with E-state index in [9.17, 15) is 4.39 Å². The normalized spacial score (nSPS) is 10.8. The van der Waals surface area contributed by atoms with Gasteiger partial charge in [-0.15, -0.1) is 11.3 Å². The summed E-state index contributed by atoms with van der Waals surface area (Å²) in [4.78, 5) is 4.44. The molecule has 8 heteroatoms. The molecule has 0 saturated carbocycles. The highest BCUT2D eigenvalue weighted by Gasteiger charge is 2.10. The van der Waals surface area contributed by atoms with E-state index in [4.69, 9.17) is 14.2 Å². The molecule has 27 heavy (non-hydrogen) atoms. The second kappa shape index (κ2) is 8.50. The van der Waals surface area contributed by atoms with Gasteiger partial charge in [0.05, 0.1) is 33.2 Å². The van der Waals surface area contributed by atoms with Crippen molar-refractivity contribution in [2.45, 2.75) is 0 Å². The van der Waals surface area contributed by atoms with Gasteiger partial charge in [0.25, 0.3) is 0 Å². The van der Waals surface area contributed by atoms with Crippen molar-refractivity contribution in [2.24, 2.45) is 5.10 Å². The zero-order valence-electron chi connectivity index (χ0n) is 15.0. The maximum Gasteiger partial charge on any atom is 0.203 e. The van der Waals surface area contributed by atoms with E-state index in [1.807, 2.05) is 5.38 Å². The monoisotopic (exact) mass is 387 g/mol. The van der Waals surface area contributed by atoms with Crippen molar-refractivity contribution < 1.29 is 18.6 Å². The summed E-state index contributed by atoms with van der Waals surface area (Å²) in [6.07, 6.45) is 1.61. The fourth-order valence-electron chi connectivity index (χ4n) is 2.39. The topological polar surface area (TPSA) is 65.0 Å². The van der Waals surface area contributed by atoms with Crippen LogP contribution in [0.25, 0.3) is 11.3 Å². The molecule has 0 aliphatic carbocycles. The lowest BCUT2D eigenvalue weighted by Crippen LogP contribution is -1.98. The molecule has 140 valence electrons. The summed E-state index contributed by atoms with van der Waals surface area (Å²) >= 11 is 1.40. The average Bonchev–Trinajstić information content (AvgIpc) is 3.17. The van der Waals surface area contributed by atoms with Crippen molar-refractivity contribution in [1.29, 1.82) is 0 Å². The number of hydrogen-bond donors (Lipinski definition) is 1. The minimum Gasteiger partial charge on any atom is -0.496 e. The van der Waals surface area contributed by atoms with Crippen molar-refractivity contribution in [3.8, 4) is 28.5 Å². The van der Waals surface area contributed by atoms with Gasteiger partial charge in [-0.05, 0) is 30.3 Å². The number of rotatable bonds is 7. The minimum absolute atomic E-state index is 0.277. The molecule has 0 radical (unpaired) electrons. The first-order valence-corrected chi connectivity index (χ1v) is 8.83. The molecule has 3 aromatic rings. The number of thiazole rings is 1. The van der Waals surface area contributed by atoms with Crippen molar-refractivity contribution in [1.82, 2.24) is 4.98 Å². The lowest BCUT2D eigenvalue weighted by Gasteiger charge is -2.11. The van der Waals surface area contributed by atoms with Crippen molar-refractivity contribution in [3.05, 3.63) is 53.2 Å². The molecule has 0 amide bonds. The third-order valence-corrected chi connectivity index (χ3v) is 4.49. The lowest BCUT2D eigenvalue weighted by atomic mass is 10.2. The number of nitrogens with one attached hydrogen (secondary N) is 1. The standard InChI is InChI=1S/C19H18FN3O3S/c1-24-16-9-18(26-3)17(25-2)8-13(16)10-21-23-19-22-15(11-27-19)12-4-6-14(20)7-5-12/h4-11H,1-3H3,(H,22,23)/b21-10-. The fraction of sp³-hybridized carbons (Fsp3) is 0.158. The molecule has 0 unspecified atom stereocenters. The molecule has 0 aliphatic rings. The Hall–Kier alpha value is -3.13. The van der Waals surface area contributed by atoms with Crippen LogP contribution in [0, 0.1) is 5.82 Å². The van der Waals surface area contributed by atoms with Gasteiger partial charge in [-0.3, -0.25) is 5.43 Å². The average molecular weight is 387 g/mol. The van der Waals surface area contributed by atoms with Gasteiger partial charge in [-0.1, -0.05) is 0 Å². The van der Waals surface area contributed by atoms with E-state index in [1.165, 1.54) is 23.5 Å². The van der Waals surface area contributed by atoms with Crippen LogP contribution in [0.15, 0.2) is 46.9 Å². The lowest BCUT2D eigenvalue weighted by molar-refractivity contribution is 0.349. The number of methoxy groups -OCH3 is 3. The van der Waals surface area contributed by atoms with Crippen molar-refractivity contribution in [3.63, 3.8) is 0 Å². The third kappa shape index (κ3) is 4.35. The number of aromatic nitrogens is 1. The van der Waals surface area contributed by atoms with Crippen LogP contribution in [-0.4, -0.2) is 32.5 Å². The Kier molecular flexibility index (Phi) is 5.87. The minimum atomic E-state index is -0.277. The molecular formula is C19H18FN3O3S. The molecule has 0 bridgehead atoms. The van der Waals surface area contributed by atoms with Crippen LogP contribution in [0.1, 0.15) is 5.56 Å². The molecule has 1 aromatic heterocycles. The summed E-state index contributed by atoms with van der Waals surface area (Å²) in [7, 11) is 4.70. The number of hydrazone groups is 1. The molecule has 0 fully saturated rings. The number of hydrogen-bond acceptors (Lipinski definition) is 7. The first-order valence-electron chi connectivity index (χ1n) is 7.95. The van der Waals surface area contributed by atoms with E-state index < -0.39 is 0 Å².